The number of ether oxygens (including phenoxy) is 1. The lowest BCUT2D eigenvalue weighted by molar-refractivity contribution is -0.386. The van der Waals surface area contributed by atoms with Gasteiger partial charge in [0, 0.05) is 12.6 Å². The van der Waals surface area contributed by atoms with Crippen LogP contribution >= 0.6 is 0 Å². The van der Waals surface area contributed by atoms with Gasteiger partial charge in [-0.3, -0.25) is 10.1 Å². The smallest absolute Gasteiger partial charge is 0.310 e. The van der Waals surface area contributed by atoms with Crippen LogP contribution in [-0.2, 0) is 13.2 Å². The molecule has 2 aromatic rings. The molecule has 2 N–H and O–H groups in total. The highest BCUT2D eigenvalue weighted by Crippen LogP contribution is 2.28. The molecule has 20 heavy (non-hydrogen) atoms. The number of benzene rings is 2. The first-order chi connectivity index (χ1) is 9.60. The van der Waals surface area contributed by atoms with E-state index in [1.807, 2.05) is 31.2 Å². The van der Waals surface area contributed by atoms with Gasteiger partial charge in [-0.2, -0.15) is 0 Å². The Balaban J connectivity index is 2.18. The van der Waals surface area contributed by atoms with Crippen molar-refractivity contribution in [2.75, 3.05) is 0 Å². The Bertz CT molecular complexity index is 609. The van der Waals surface area contributed by atoms with Crippen LogP contribution in [0.5, 0.6) is 5.75 Å². The highest BCUT2D eigenvalue weighted by molar-refractivity contribution is 5.48. The first-order valence-corrected chi connectivity index (χ1v) is 6.26. The van der Waals surface area contributed by atoms with E-state index in [4.69, 9.17) is 10.5 Å². The molecule has 5 heteroatoms. The van der Waals surface area contributed by atoms with E-state index in [2.05, 4.69) is 0 Å². The third-order valence-corrected chi connectivity index (χ3v) is 2.97. The maximum atomic E-state index is 11.0. The van der Waals surface area contributed by atoms with Gasteiger partial charge in [-0.15, -0.1) is 0 Å². The molecule has 2 aromatic carbocycles. The van der Waals surface area contributed by atoms with Gasteiger partial charge in [0.15, 0.2) is 5.75 Å². The van der Waals surface area contributed by atoms with Gasteiger partial charge in [-0.05, 0) is 24.1 Å². The van der Waals surface area contributed by atoms with Crippen molar-refractivity contribution in [3.63, 3.8) is 0 Å². The summed E-state index contributed by atoms with van der Waals surface area (Å²) in [6.45, 7) is 2.61. The average Bonchev–Trinajstić information content (AvgIpc) is 2.46. The molecule has 2 rings (SSSR count). The molecule has 0 fully saturated rings. The quantitative estimate of drug-likeness (QED) is 0.670. The molecular formula is C15H16N2O3. The van der Waals surface area contributed by atoms with Gasteiger partial charge in [0.1, 0.15) is 6.61 Å². The summed E-state index contributed by atoms with van der Waals surface area (Å²) in [6.07, 6.45) is 0. The second-order valence-corrected chi connectivity index (χ2v) is 4.54. The minimum Gasteiger partial charge on any atom is -0.482 e. The lowest BCUT2D eigenvalue weighted by Crippen LogP contribution is -2.02. The molecule has 5 nitrogen and oxygen atoms in total. The number of rotatable bonds is 5. The van der Waals surface area contributed by atoms with Crippen molar-refractivity contribution in [1.82, 2.24) is 0 Å². The van der Waals surface area contributed by atoms with Crippen LogP contribution in [0.3, 0.4) is 0 Å². The van der Waals surface area contributed by atoms with Crippen LogP contribution in [-0.4, -0.2) is 4.92 Å². The van der Waals surface area contributed by atoms with Crippen LogP contribution < -0.4 is 10.5 Å². The summed E-state index contributed by atoms with van der Waals surface area (Å²) in [5.74, 6) is 0.249. The van der Waals surface area contributed by atoms with E-state index < -0.39 is 4.92 Å². The van der Waals surface area contributed by atoms with E-state index in [9.17, 15) is 10.1 Å². The van der Waals surface area contributed by atoms with Gasteiger partial charge >= 0.3 is 5.69 Å². The molecule has 0 aliphatic heterocycles. The van der Waals surface area contributed by atoms with Crippen molar-refractivity contribution in [3.8, 4) is 5.75 Å². The molecule has 0 saturated heterocycles. The number of nitrogens with zero attached hydrogens (tertiary/aromatic N) is 1. The van der Waals surface area contributed by atoms with Crippen molar-refractivity contribution in [2.45, 2.75) is 20.1 Å². The molecule has 0 saturated carbocycles. The summed E-state index contributed by atoms with van der Waals surface area (Å²) in [7, 11) is 0. The second-order valence-electron chi connectivity index (χ2n) is 4.54. The zero-order chi connectivity index (χ0) is 14.5. The zero-order valence-electron chi connectivity index (χ0n) is 11.2. The minimum atomic E-state index is -0.454. The third kappa shape index (κ3) is 3.33. The van der Waals surface area contributed by atoms with Crippen LogP contribution in [0.1, 0.15) is 16.7 Å². The number of hydrogen-bond acceptors (Lipinski definition) is 4. The van der Waals surface area contributed by atoms with E-state index in [-0.39, 0.29) is 18.0 Å². The Morgan fingerprint density at radius 1 is 1.15 bits per heavy atom. The van der Waals surface area contributed by atoms with E-state index >= 15 is 0 Å². The molecular weight excluding hydrogens is 256 g/mol. The first kappa shape index (κ1) is 14.0. The maximum Gasteiger partial charge on any atom is 0.310 e. The van der Waals surface area contributed by atoms with Crippen molar-refractivity contribution in [1.29, 1.82) is 0 Å². The lowest BCUT2D eigenvalue weighted by Gasteiger charge is -2.08. The molecule has 0 radical (unpaired) electrons. The fourth-order valence-corrected chi connectivity index (χ4v) is 1.80. The van der Waals surface area contributed by atoms with Crippen LogP contribution in [0, 0.1) is 17.0 Å². The van der Waals surface area contributed by atoms with Crippen molar-refractivity contribution in [2.24, 2.45) is 5.73 Å². The Hall–Kier alpha value is -2.40. The van der Waals surface area contributed by atoms with E-state index in [0.29, 0.717) is 6.54 Å². The highest BCUT2D eigenvalue weighted by atomic mass is 16.6. The van der Waals surface area contributed by atoms with E-state index in [1.165, 1.54) is 6.07 Å². The zero-order valence-corrected chi connectivity index (χ0v) is 11.2. The molecule has 104 valence electrons. The standard InChI is InChI=1S/C15H16N2O3/c1-11-2-4-12(5-3-11)10-20-15-8-13(9-16)6-7-14(15)17(18)19/h2-8H,9-10,16H2,1H3. The van der Waals surface area contributed by atoms with Gasteiger partial charge in [-0.25, -0.2) is 0 Å². The predicted molar refractivity (Wildman–Crippen MR) is 76.5 cm³/mol. The SMILES string of the molecule is Cc1ccc(COc2cc(CN)ccc2[N+](=O)[O-])cc1. The normalized spacial score (nSPS) is 10.3. The largest absolute Gasteiger partial charge is 0.482 e. The van der Waals surface area contributed by atoms with Crippen molar-refractivity contribution >= 4 is 5.69 Å². The summed E-state index contributed by atoms with van der Waals surface area (Å²) < 4.78 is 5.57. The van der Waals surface area contributed by atoms with Gasteiger partial charge in [0.2, 0.25) is 0 Å². The number of nitrogens with two attached hydrogens (primary N) is 1. The molecule has 0 unspecified atom stereocenters. The Kier molecular flexibility index (Phi) is 4.32. The summed E-state index contributed by atoms with van der Waals surface area (Å²) in [5.41, 5.74) is 8.42. The molecule has 0 atom stereocenters. The molecule has 0 aromatic heterocycles. The number of nitro benzene ring substituents is 1. The summed E-state index contributed by atoms with van der Waals surface area (Å²) in [4.78, 5) is 10.5. The molecule has 0 aliphatic rings. The van der Waals surface area contributed by atoms with Gasteiger partial charge in [0.25, 0.3) is 0 Å². The first-order valence-electron chi connectivity index (χ1n) is 6.26. The number of aryl methyl sites for hydroxylation is 1. The molecule has 0 bridgehead atoms. The monoisotopic (exact) mass is 272 g/mol. The van der Waals surface area contributed by atoms with Crippen molar-refractivity contribution in [3.05, 3.63) is 69.3 Å². The Labute approximate surface area is 117 Å². The van der Waals surface area contributed by atoms with E-state index in [0.717, 1.165) is 16.7 Å². The number of hydrogen-bond donors (Lipinski definition) is 1. The lowest BCUT2D eigenvalue weighted by atomic mass is 10.1. The van der Waals surface area contributed by atoms with Gasteiger partial charge in [0.05, 0.1) is 4.92 Å². The maximum absolute atomic E-state index is 11.0. The third-order valence-electron chi connectivity index (χ3n) is 2.97. The Morgan fingerprint density at radius 2 is 1.80 bits per heavy atom. The number of nitro groups is 1. The van der Waals surface area contributed by atoms with Crippen LogP contribution in [0.25, 0.3) is 0 Å². The molecule has 0 aliphatic carbocycles. The van der Waals surface area contributed by atoms with Crippen LogP contribution in [0.15, 0.2) is 42.5 Å². The summed E-state index contributed by atoms with van der Waals surface area (Å²) in [6, 6.07) is 12.5. The van der Waals surface area contributed by atoms with Gasteiger partial charge < -0.3 is 10.5 Å². The average molecular weight is 272 g/mol. The molecule has 0 amide bonds. The molecule has 0 spiro atoms. The Morgan fingerprint density at radius 3 is 2.40 bits per heavy atom. The van der Waals surface area contributed by atoms with Crippen LogP contribution in [0.4, 0.5) is 5.69 Å². The second kappa shape index (κ2) is 6.16. The minimum absolute atomic E-state index is 0.0469. The van der Waals surface area contributed by atoms with Gasteiger partial charge in [-0.1, -0.05) is 35.9 Å². The highest BCUT2D eigenvalue weighted by Gasteiger charge is 2.15. The fraction of sp³-hybridized carbons (Fsp3) is 0.200. The predicted octanol–water partition coefficient (Wildman–Crippen LogP) is 2.94. The van der Waals surface area contributed by atoms with Crippen LogP contribution in [0.2, 0.25) is 0 Å². The summed E-state index contributed by atoms with van der Waals surface area (Å²) >= 11 is 0. The molecule has 0 heterocycles. The topological polar surface area (TPSA) is 78.4 Å². The summed E-state index contributed by atoms with van der Waals surface area (Å²) in [5, 5.41) is 11.0. The van der Waals surface area contributed by atoms with E-state index in [1.54, 1.807) is 12.1 Å². The van der Waals surface area contributed by atoms with Crippen molar-refractivity contribution < 1.29 is 9.66 Å². The fourth-order valence-electron chi connectivity index (χ4n) is 1.80.